The van der Waals surface area contributed by atoms with Crippen LogP contribution in [0.3, 0.4) is 0 Å². The summed E-state index contributed by atoms with van der Waals surface area (Å²) in [5, 5.41) is 5.18. The molecule has 1 saturated heterocycles. The first-order chi connectivity index (χ1) is 15.1. The molecule has 0 unspecified atom stereocenters. The van der Waals surface area contributed by atoms with Gasteiger partial charge in [-0.25, -0.2) is 5.43 Å². The van der Waals surface area contributed by atoms with Gasteiger partial charge in [-0.2, -0.15) is 5.10 Å². The largest absolute Gasteiger partial charge is 0.378 e. The van der Waals surface area contributed by atoms with Gasteiger partial charge in [0.05, 0.1) is 30.7 Å². The van der Waals surface area contributed by atoms with Gasteiger partial charge in [0.1, 0.15) is 0 Å². The molecular weight excluding hydrogens is 408 g/mol. The number of hydrogen-bond donors (Lipinski definition) is 1. The number of carbonyl (C=O) groups is 1. The number of hydrogen-bond acceptors (Lipinski definition) is 6. The Balaban J connectivity index is 1.32. The van der Waals surface area contributed by atoms with Crippen molar-refractivity contribution in [3.63, 3.8) is 0 Å². The van der Waals surface area contributed by atoms with E-state index in [2.05, 4.69) is 51.6 Å². The lowest BCUT2D eigenvalue weighted by Gasteiger charge is -2.28. The number of ether oxygens (including phenoxy) is 1. The Morgan fingerprint density at radius 3 is 2.71 bits per heavy atom. The molecule has 31 heavy (non-hydrogen) atoms. The topological polar surface area (TPSA) is 66.8 Å². The second kappa shape index (κ2) is 9.94. The van der Waals surface area contributed by atoms with Crippen LogP contribution in [0.15, 0.2) is 58.5 Å². The number of carbonyl (C=O) groups excluding carboxylic acids is 1. The fraction of sp³-hybridized carbons (Fsp3) is 0.292. The Kier molecular flexibility index (Phi) is 6.84. The highest BCUT2D eigenvalue weighted by atomic mass is 32.2. The Hall–Kier alpha value is -2.90. The quantitative estimate of drug-likeness (QED) is 0.362. The summed E-state index contributed by atoms with van der Waals surface area (Å²) in [6, 6.07) is 16.4. The van der Waals surface area contributed by atoms with Crippen LogP contribution in [0.4, 0.5) is 5.69 Å². The molecule has 1 amide bonds. The van der Waals surface area contributed by atoms with E-state index < -0.39 is 0 Å². The lowest BCUT2D eigenvalue weighted by molar-refractivity contribution is -0.118. The summed E-state index contributed by atoms with van der Waals surface area (Å²) >= 11 is 1.50. The van der Waals surface area contributed by atoms with E-state index in [-0.39, 0.29) is 5.91 Å². The van der Waals surface area contributed by atoms with E-state index in [4.69, 9.17) is 4.74 Å². The van der Waals surface area contributed by atoms with Crippen molar-refractivity contribution in [2.45, 2.75) is 18.7 Å². The molecule has 1 fully saturated rings. The van der Waals surface area contributed by atoms with Crippen LogP contribution in [0.2, 0.25) is 0 Å². The van der Waals surface area contributed by atoms with Crippen molar-refractivity contribution in [1.29, 1.82) is 0 Å². The zero-order chi connectivity index (χ0) is 21.6. The predicted molar refractivity (Wildman–Crippen MR) is 127 cm³/mol. The van der Waals surface area contributed by atoms with Gasteiger partial charge in [0.15, 0.2) is 0 Å². The lowest BCUT2D eigenvalue weighted by Crippen LogP contribution is -2.36. The number of rotatable bonds is 6. The van der Waals surface area contributed by atoms with Crippen LogP contribution >= 0.6 is 11.8 Å². The summed E-state index contributed by atoms with van der Waals surface area (Å²) in [5.74, 6) is 0.154. The number of thioether (sulfide) groups is 1. The second-order valence-electron chi connectivity index (χ2n) is 7.56. The van der Waals surface area contributed by atoms with Gasteiger partial charge >= 0.3 is 0 Å². The van der Waals surface area contributed by atoms with Crippen molar-refractivity contribution in [1.82, 2.24) is 10.4 Å². The molecule has 3 aromatic rings. The average Bonchev–Trinajstić information content (AvgIpc) is 2.79. The summed E-state index contributed by atoms with van der Waals surface area (Å²) in [7, 11) is 0. The maximum Gasteiger partial charge on any atom is 0.250 e. The highest BCUT2D eigenvalue weighted by Gasteiger charge is 2.11. The molecule has 4 rings (SSSR count). The SMILES string of the molecule is Cc1ccc2nc(C)cc(SCC(=O)N/N=C/c3ccc(N4CCOCC4)cc3)c2c1. The second-order valence-corrected chi connectivity index (χ2v) is 8.57. The summed E-state index contributed by atoms with van der Waals surface area (Å²) in [4.78, 5) is 20.2. The third-order valence-electron chi connectivity index (χ3n) is 5.09. The van der Waals surface area contributed by atoms with E-state index in [1.54, 1.807) is 6.21 Å². The summed E-state index contributed by atoms with van der Waals surface area (Å²) in [5.41, 5.74) is 7.81. The number of anilines is 1. The molecule has 0 saturated carbocycles. The first-order valence-corrected chi connectivity index (χ1v) is 11.3. The molecule has 1 aromatic heterocycles. The Labute approximate surface area is 186 Å². The maximum atomic E-state index is 12.3. The highest BCUT2D eigenvalue weighted by Crippen LogP contribution is 2.28. The van der Waals surface area contributed by atoms with Crippen LogP contribution in [0, 0.1) is 13.8 Å². The van der Waals surface area contributed by atoms with Crippen LogP contribution in [0.1, 0.15) is 16.8 Å². The third-order valence-corrected chi connectivity index (χ3v) is 6.14. The number of hydrazone groups is 1. The average molecular weight is 435 g/mol. The molecule has 0 spiro atoms. The molecule has 1 aliphatic rings. The van der Waals surface area contributed by atoms with Crippen LogP contribution in [-0.4, -0.2) is 49.2 Å². The molecule has 0 radical (unpaired) electrons. The lowest BCUT2D eigenvalue weighted by atomic mass is 10.1. The van der Waals surface area contributed by atoms with E-state index in [1.807, 2.05) is 31.2 Å². The molecule has 6 nitrogen and oxygen atoms in total. The number of nitrogens with zero attached hydrogens (tertiary/aromatic N) is 3. The van der Waals surface area contributed by atoms with Crippen molar-refractivity contribution >= 4 is 40.5 Å². The number of aryl methyl sites for hydroxylation is 2. The molecule has 2 aromatic carbocycles. The number of morpholine rings is 1. The summed E-state index contributed by atoms with van der Waals surface area (Å²) in [6.45, 7) is 7.38. The Morgan fingerprint density at radius 2 is 1.94 bits per heavy atom. The van der Waals surface area contributed by atoms with E-state index in [0.29, 0.717) is 5.75 Å². The van der Waals surface area contributed by atoms with E-state index in [9.17, 15) is 4.79 Å². The molecule has 1 aliphatic heterocycles. The number of amides is 1. The van der Waals surface area contributed by atoms with Crippen molar-refractivity contribution in [3.05, 3.63) is 65.4 Å². The van der Waals surface area contributed by atoms with E-state index in [1.165, 1.54) is 23.0 Å². The van der Waals surface area contributed by atoms with Crippen LogP contribution in [-0.2, 0) is 9.53 Å². The number of benzene rings is 2. The first kappa shape index (κ1) is 21.3. The fourth-order valence-corrected chi connectivity index (χ4v) is 4.43. The maximum absolute atomic E-state index is 12.3. The minimum atomic E-state index is -0.138. The van der Waals surface area contributed by atoms with Crippen molar-refractivity contribution in [2.24, 2.45) is 5.10 Å². The van der Waals surface area contributed by atoms with Crippen LogP contribution in [0.25, 0.3) is 10.9 Å². The van der Waals surface area contributed by atoms with E-state index >= 15 is 0 Å². The number of nitrogens with one attached hydrogen (secondary N) is 1. The third kappa shape index (κ3) is 5.62. The fourth-order valence-electron chi connectivity index (χ4n) is 3.50. The number of pyridine rings is 1. The first-order valence-electron chi connectivity index (χ1n) is 10.3. The molecule has 0 aliphatic carbocycles. The Bertz CT molecular complexity index is 1090. The molecule has 7 heteroatoms. The normalized spacial score (nSPS) is 14.3. The van der Waals surface area contributed by atoms with Gasteiger partial charge in [-0.05, 0) is 49.7 Å². The smallest absolute Gasteiger partial charge is 0.250 e. The number of fused-ring (bicyclic) bond motifs is 1. The summed E-state index contributed by atoms with van der Waals surface area (Å²) in [6.07, 6.45) is 1.67. The van der Waals surface area contributed by atoms with Gasteiger partial charge in [0, 0.05) is 34.8 Å². The van der Waals surface area contributed by atoms with Crippen LogP contribution < -0.4 is 10.3 Å². The Morgan fingerprint density at radius 1 is 1.16 bits per heavy atom. The molecule has 2 heterocycles. The summed E-state index contributed by atoms with van der Waals surface area (Å²) < 4.78 is 5.39. The minimum absolute atomic E-state index is 0.138. The van der Waals surface area contributed by atoms with Crippen molar-refractivity contribution in [2.75, 3.05) is 37.0 Å². The molecule has 0 bridgehead atoms. The molecule has 0 atom stereocenters. The minimum Gasteiger partial charge on any atom is -0.378 e. The van der Waals surface area contributed by atoms with Crippen molar-refractivity contribution in [3.8, 4) is 0 Å². The predicted octanol–water partition coefficient (Wildman–Crippen LogP) is 3.93. The zero-order valence-electron chi connectivity index (χ0n) is 17.8. The standard InChI is InChI=1S/C24H26N4O2S/c1-17-3-8-22-21(13-17)23(14-18(2)26-22)31-16-24(29)27-25-15-19-4-6-20(7-5-19)28-9-11-30-12-10-28/h3-8,13-15H,9-12,16H2,1-2H3,(H,27,29)/b25-15+. The van der Waals surface area contributed by atoms with E-state index in [0.717, 1.165) is 53.4 Å². The van der Waals surface area contributed by atoms with Gasteiger partial charge in [-0.3, -0.25) is 9.78 Å². The highest BCUT2D eigenvalue weighted by molar-refractivity contribution is 8.00. The molecule has 1 N–H and O–H groups in total. The number of aromatic nitrogens is 1. The van der Waals surface area contributed by atoms with Crippen LogP contribution in [0.5, 0.6) is 0 Å². The van der Waals surface area contributed by atoms with Crippen molar-refractivity contribution < 1.29 is 9.53 Å². The zero-order valence-corrected chi connectivity index (χ0v) is 18.6. The van der Waals surface area contributed by atoms with Gasteiger partial charge in [0.25, 0.3) is 0 Å². The molecular formula is C24H26N4O2S. The monoisotopic (exact) mass is 434 g/mol. The van der Waals surface area contributed by atoms with Gasteiger partial charge in [-0.15, -0.1) is 11.8 Å². The van der Waals surface area contributed by atoms with Gasteiger partial charge in [0.2, 0.25) is 5.91 Å². The van der Waals surface area contributed by atoms with Gasteiger partial charge in [-0.1, -0.05) is 23.8 Å². The van der Waals surface area contributed by atoms with Gasteiger partial charge < -0.3 is 9.64 Å². The molecule has 160 valence electrons.